The second-order valence-electron chi connectivity index (χ2n) is 5.74. The van der Waals surface area contributed by atoms with Gasteiger partial charge in [-0.05, 0) is 24.3 Å². The number of amides is 1. The quantitative estimate of drug-likeness (QED) is 0.898. The zero-order chi connectivity index (χ0) is 14.7. The van der Waals surface area contributed by atoms with Gasteiger partial charge in [0.05, 0.1) is 6.10 Å². The largest absolute Gasteiger partial charge is 0.364 e. The maximum absolute atomic E-state index is 12.4. The summed E-state index contributed by atoms with van der Waals surface area (Å²) in [6.45, 7) is 5.00. The number of hydrogen-bond acceptors (Lipinski definition) is 5. The lowest BCUT2D eigenvalue weighted by atomic mass is 10.1. The number of carbonyl (C=O) groups excluding carboxylic acids is 1. The Bertz CT molecular complexity index is 457. The van der Waals surface area contributed by atoms with Crippen LogP contribution in [0.1, 0.15) is 17.7 Å². The molecule has 0 spiro atoms. The van der Waals surface area contributed by atoms with E-state index in [0.29, 0.717) is 6.54 Å². The third kappa shape index (κ3) is 3.63. The molecule has 2 aliphatic rings. The molecule has 2 atom stereocenters. The first-order chi connectivity index (χ1) is 10.3. The maximum Gasteiger partial charge on any atom is 0.251 e. The summed E-state index contributed by atoms with van der Waals surface area (Å²) in [6.07, 6.45) is 1.53. The lowest BCUT2D eigenvalue weighted by molar-refractivity contribution is -0.144. The predicted octanol–water partition coefficient (Wildman–Crippen LogP) is 0.899. The molecule has 3 heterocycles. The van der Waals surface area contributed by atoms with Crippen molar-refractivity contribution < 1.29 is 9.53 Å². The van der Waals surface area contributed by atoms with Crippen LogP contribution < -0.4 is 5.73 Å². The third-order valence-electron chi connectivity index (χ3n) is 4.29. The summed E-state index contributed by atoms with van der Waals surface area (Å²) >= 11 is 1.79. The molecular formula is C15H23N3O2S. The topological polar surface area (TPSA) is 58.8 Å². The van der Waals surface area contributed by atoms with Gasteiger partial charge in [0, 0.05) is 44.1 Å². The van der Waals surface area contributed by atoms with Gasteiger partial charge in [-0.15, -0.1) is 11.3 Å². The standard InChI is InChI=1S/C15H23N3O2S/c16-10-12-3-4-14(20-12)15(19)18-7-5-17(6-8-18)11-13-2-1-9-21-13/h1-2,9,12,14H,3-8,10-11,16H2. The van der Waals surface area contributed by atoms with Gasteiger partial charge in [-0.1, -0.05) is 6.07 Å². The van der Waals surface area contributed by atoms with E-state index in [9.17, 15) is 4.79 Å². The molecule has 1 aromatic heterocycles. The molecule has 0 aromatic carbocycles. The molecule has 0 aliphatic carbocycles. The summed E-state index contributed by atoms with van der Waals surface area (Å²) < 4.78 is 5.71. The van der Waals surface area contributed by atoms with Gasteiger partial charge < -0.3 is 15.4 Å². The highest BCUT2D eigenvalue weighted by Gasteiger charge is 2.34. The molecule has 3 rings (SSSR count). The van der Waals surface area contributed by atoms with Crippen LogP contribution >= 0.6 is 11.3 Å². The molecule has 21 heavy (non-hydrogen) atoms. The van der Waals surface area contributed by atoms with E-state index in [0.717, 1.165) is 45.6 Å². The molecule has 2 unspecified atom stereocenters. The Balaban J connectivity index is 1.46. The number of rotatable bonds is 4. The van der Waals surface area contributed by atoms with Crippen LogP contribution in [0.25, 0.3) is 0 Å². The average Bonchev–Trinajstić information content (AvgIpc) is 3.18. The van der Waals surface area contributed by atoms with Crippen molar-refractivity contribution in [1.29, 1.82) is 0 Å². The average molecular weight is 309 g/mol. The Morgan fingerprint density at radius 1 is 1.33 bits per heavy atom. The van der Waals surface area contributed by atoms with Gasteiger partial charge in [-0.3, -0.25) is 9.69 Å². The van der Waals surface area contributed by atoms with Gasteiger partial charge in [-0.25, -0.2) is 0 Å². The molecule has 116 valence electrons. The number of carbonyl (C=O) groups is 1. The molecule has 2 fully saturated rings. The minimum absolute atomic E-state index is 0.0686. The van der Waals surface area contributed by atoms with E-state index >= 15 is 0 Å². The third-order valence-corrected chi connectivity index (χ3v) is 5.15. The minimum atomic E-state index is -0.262. The van der Waals surface area contributed by atoms with Crippen LogP contribution in [0.2, 0.25) is 0 Å². The van der Waals surface area contributed by atoms with Crippen molar-refractivity contribution >= 4 is 17.2 Å². The number of hydrogen-bond donors (Lipinski definition) is 1. The Morgan fingerprint density at radius 3 is 2.76 bits per heavy atom. The van der Waals surface area contributed by atoms with Gasteiger partial charge >= 0.3 is 0 Å². The molecule has 1 aromatic rings. The predicted molar refractivity (Wildman–Crippen MR) is 83.1 cm³/mol. The van der Waals surface area contributed by atoms with Crippen LogP contribution in [0.15, 0.2) is 17.5 Å². The summed E-state index contributed by atoms with van der Waals surface area (Å²) in [4.78, 5) is 18.2. The Hall–Kier alpha value is -0.950. The van der Waals surface area contributed by atoms with Crippen molar-refractivity contribution in [2.75, 3.05) is 32.7 Å². The van der Waals surface area contributed by atoms with Crippen LogP contribution in [0, 0.1) is 0 Å². The molecule has 0 radical (unpaired) electrons. The minimum Gasteiger partial charge on any atom is -0.364 e. The number of thiophene rings is 1. The van der Waals surface area contributed by atoms with Crippen LogP contribution in [-0.4, -0.2) is 60.6 Å². The zero-order valence-electron chi connectivity index (χ0n) is 12.2. The van der Waals surface area contributed by atoms with Crippen molar-refractivity contribution in [3.8, 4) is 0 Å². The molecule has 2 N–H and O–H groups in total. The first-order valence-electron chi connectivity index (χ1n) is 7.65. The summed E-state index contributed by atoms with van der Waals surface area (Å²) in [5, 5.41) is 2.11. The van der Waals surface area contributed by atoms with Gasteiger partial charge in [0.2, 0.25) is 0 Å². The van der Waals surface area contributed by atoms with Crippen LogP contribution in [-0.2, 0) is 16.1 Å². The molecule has 6 heteroatoms. The lowest BCUT2D eigenvalue weighted by Gasteiger charge is -2.35. The van der Waals surface area contributed by atoms with E-state index in [-0.39, 0.29) is 18.1 Å². The number of piperazine rings is 1. The molecule has 2 aliphatic heterocycles. The fraction of sp³-hybridized carbons (Fsp3) is 0.667. The van der Waals surface area contributed by atoms with Crippen molar-refractivity contribution in [2.45, 2.75) is 31.6 Å². The molecule has 0 bridgehead atoms. The van der Waals surface area contributed by atoms with Gasteiger partial charge in [-0.2, -0.15) is 0 Å². The van der Waals surface area contributed by atoms with Crippen LogP contribution in [0.4, 0.5) is 0 Å². The van der Waals surface area contributed by atoms with Crippen molar-refractivity contribution in [3.63, 3.8) is 0 Å². The summed E-state index contributed by atoms with van der Waals surface area (Å²) in [5.74, 6) is 0.154. The molecular weight excluding hydrogens is 286 g/mol. The van der Waals surface area contributed by atoms with E-state index in [4.69, 9.17) is 10.5 Å². The first-order valence-corrected chi connectivity index (χ1v) is 8.53. The van der Waals surface area contributed by atoms with E-state index < -0.39 is 0 Å². The van der Waals surface area contributed by atoms with Gasteiger partial charge in [0.15, 0.2) is 0 Å². The lowest BCUT2D eigenvalue weighted by Crippen LogP contribution is -2.51. The van der Waals surface area contributed by atoms with E-state index in [2.05, 4.69) is 22.4 Å². The molecule has 5 nitrogen and oxygen atoms in total. The number of ether oxygens (including phenoxy) is 1. The highest BCUT2D eigenvalue weighted by molar-refractivity contribution is 7.09. The highest BCUT2D eigenvalue weighted by atomic mass is 32.1. The number of nitrogens with two attached hydrogens (primary N) is 1. The van der Waals surface area contributed by atoms with Crippen molar-refractivity contribution in [2.24, 2.45) is 5.73 Å². The Kier molecular flexibility index (Phi) is 4.90. The molecule has 2 saturated heterocycles. The summed E-state index contributed by atoms with van der Waals surface area (Å²) in [6, 6.07) is 4.26. The smallest absolute Gasteiger partial charge is 0.251 e. The van der Waals surface area contributed by atoms with Crippen molar-refractivity contribution in [3.05, 3.63) is 22.4 Å². The van der Waals surface area contributed by atoms with Crippen LogP contribution in [0.3, 0.4) is 0 Å². The highest BCUT2D eigenvalue weighted by Crippen LogP contribution is 2.21. The fourth-order valence-corrected chi connectivity index (χ4v) is 3.76. The molecule has 1 amide bonds. The summed E-state index contributed by atoms with van der Waals surface area (Å²) in [5.41, 5.74) is 5.60. The Labute approximate surface area is 129 Å². The van der Waals surface area contributed by atoms with Crippen LogP contribution in [0.5, 0.6) is 0 Å². The van der Waals surface area contributed by atoms with E-state index in [1.165, 1.54) is 4.88 Å². The second-order valence-corrected chi connectivity index (χ2v) is 6.77. The second kappa shape index (κ2) is 6.87. The zero-order valence-corrected chi connectivity index (χ0v) is 13.1. The summed E-state index contributed by atoms with van der Waals surface area (Å²) in [7, 11) is 0. The monoisotopic (exact) mass is 309 g/mol. The van der Waals surface area contributed by atoms with E-state index in [1.807, 2.05) is 4.90 Å². The fourth-order valence-electron chi connectivity index (χ4n) is 3.01. The van der Waals surface area contributed by atoms with Gasteiger partial charge in [0.1, 0.15) is 6.10 Å². The van der Waals surface area contributed by atoms with Crippen molar-refractivity contribution in [1.82, 2.24) is 9.80 Å². The van der Waals surface area contributed by atoms with E-state index in [1.54, 1.807) is 11.3 Å². The first kappa shape index (κ1) is 15.0. The number of nitrogens with zero attached hydrogens (tertiary/aromatic N) is 2. The normalized spacial score (nSPS) is 27.2. The Morgan fingerprint density at radius 2 is 2.14 bits per heavy atom. The SMILES string of the molecule is NCC1CCC(C(=O)N2CCN(Cc3cccs3)CC2)O1. The maximum atomic E-state index is 12.4. The van der Waals surface area contributed by atoms with Gasteiger partial charge in [0.25, 0.3) is 5.91 Å². The molecule has 0 saturated carbocycles.